The molecule has 0 spiro atoms. The SMILES string of the molecule is CC(C)(CCN)OC(=O)O. The van der Waals surface area contributed by atoms with Crippen molar-refractivity contribution < 1.29 is 14.6 Å². The quantitative estimate of drug-likeness (QED) is 0.579. The average molecular weight is 147 g/mol. The summed E-state index contributed by atoms with van der Waals surface area (Å²) in [6.45, 7) is 3.81. The molecular weight excluding hydrogens is 134 g/mol. The molecule has 0 saturated carbocycles. The summed E-state index contributed by atoms with van der Waals surface area (Å²) in [6, 6.07) is 0. The van der Waals surface area contributed by atoms with Gasteiger partial charge in [-0.1, -0.05) is 0 Å². The third kappa shape index (κ3) is 4.14. The highest BCUT2D eigenvalue weighted by molar-refractivity contribution is 5.57. The Balaban J connectivity index is 3.74. The predicted octanol–water partition coefficient (Wildman–Crippen LogP) is 0.808. The van der Waals surface area contributed by atoms with Crippen LogP contribution in [-0.4, -0.2) is 23.4 Å². The van der Waals surface area contributed by atoms with Gasteiger partial charge in [0.25, 0.3) is 0 Å². The summed E-state index contributed by atoms with van der Waals surface area (Å²) >= 11 is 0. The topological polar surface area (TPSA) is 72.5 Å². The van der Waals surface area contributed by atoms with Gasteiger partial charge in [-0.2, -0.15) is 0 Å². The van der Waals surface area contributed by atoms with E-state index in [0.717, 1.165) is 0 Å². The van der Waals surface area contributed by atoms with Gasteiger partial charge in [0.05, 0.1) is 0 Å². The van der Waals surface area contributed by atoms with E-state index in [1.54, 1.807) is 13.8 Å². The number of hydrogen-bond acceptors (Lipinski definition) is 3. The van der Waals surface area contributed by atoms with E-state index >= 15 is 0 Å². The molecule has 0 aromatic heterocycles. The second-order valence-corrected chi connectivity index (χ2v) is 2.67. The summed E-state index contributed by atoms with van der Waals surface area (Å²) in [6.07, 6.45) is -0.710. The van der Waals surface area contributed by atoms with Gasteiger partial charge in [-0.25, -0.2) is 4.79 Å². The van der Waals surface area contributed by atoms with Crippen molar-refractivity contribution in [2.75, 3.05) is 6.54 Å². The van der Waals surface area contributed by atoms with E-state index in [1.807, 2.05) is 0 Å². The van der Waals surface area contributed by atoms with Crippen molar-refractivity contribution >= 4 is 6.16 Å². The lowest BCUT2D eigenvalue weighted by molar-refractivity contribution is 0.000578. The predicted molar refractivity (Wildman–Crippen MR) is 36.9 cm³/mol. The molecule has 4 heteroatoms. The van der Waals surface area contributed by atoms with Gasteiger partial charge in [-0.15, -0.1) is 0 Å². The Kier molecular flexibility index (Phi) is 3.15. The first-order valence-corrected chi connectivity index (χ1v) is 3.10. The Hall–Kier alpha value is -0.770. The molecule has 0 saturated heterocycles. The molecule has 0 bridgehead atoms. The van der Waals surface area contributed by atoms with Gasteiger partial charge in [-0.05, 0) is 26.8 Å². The molecule has 0 rings (SSSR count). The van der Waals surface area contributed by atoms with Gasteiger partial charge in [0.15, 0.2) is 0 Å². The Bertz CT molecular complexity index is 122. The van der Waals surface area contributed by atoms with Crippen molar-refractivity contribution in [3.8, 4) is 0 Å². The number of nitrogens with two attached hydrogens (primary N) is 1. The van der Waals surface area contributed by atoms with Gasteiger partial charge in [-0.3, -0.25) is 0 Å². The Morgan fingerprint density at radius 3 is 2.50 bits per heavy atom. The lowest BCUT2D eigenvalue weighted by Gasteiger charge is -2.21. The third-order valence-corrected chi connectivity index (χ3v) is 1.11. The molecule has 0 fully saturated rings. The molecule has 0 aliphatic rings. The molecule has 0 aromatic rings. The Labute approximate surface area is 60.0 Å². The molecule has 3 N–H and O–H groups in total. The number of carbonyl (C=O) groups is 1. The molecule has 0 aliphatic heterocycles. The minimum Gasteiger partial charge on any atom is -0.450 e. The number of hydrogen-bond donors (Lipinski definition) is 2. The number of carboxylic acid groups (broad SMARTS) is 1. The van der Waals surface area contributed by atoms with Crippen LogP contribution < -0.4 is 5.73 Å². The zero-order chi connectivity index (χ0) is 8.20. The van der Waals surface area contributed by atoms with E-state index in [2.05, 4.69) is 4.74 Å². The summed E-state index contributed by atoms with van der Waals surface area (Å²) in [5.74, 6) is 0. The first-order chi connectivity index (χ1) is 4.48. The van der Waals surface area contributed by atoms with Crippen molar-refractivity contribution in [2.24, 2.45) is 5.73 Å². The molecule has 0 unspecified atom stereocenters. The first kappa shape index (κ1) is 9.23. The van der Waals surface area contributed by atoms with E-state index in [1.165, 1.54) is 0 Å². The number of ether oxygens (including phenoxy) is 1. The first-order valence-electron chi connectivity index (χ1n) is 3.10. The number of rotatable bonds is 3. The second-order valence-electron chi connectivity index (χ2n) is 2.67. The Morgan fingerprint density at radius 2 is 2.20 bits per heavy atom. The Morgan fingerprint density at radius 1 is 1.70 bits per heavy atom. The van der Waals surface area contributed by atoms with Crippen molar-refractivity contribution in [1.29, 1.82) is 0 Å². The standard InChI is InChI=1S/C6H13NO3/c1-6(2,3-4-7)10-5(8)9/h3-4,7H2,1-2H3,(H,8,9). The maximum absolute atomic E-state index is 10.0. The fourth-order valence-corrected chi connectivity index (χ4v) is 0.635. The summed E-state index contributed by atoms with van der Waals surface area (Å²) in [7, 11) is 0. The van der Waals surface area contributed by atoms with E-state index in [-0.39, 0.29) is 0 Å². The highest BCUT2D eigenvalue weighted by Gasteiger charge is 2.20. The third-order valence-electron chi connectivity index (χ3n) is 1.11. The van der Waals surface area contributed by atoms with Gasteiger partial charge >= 0.3 is 6.16 Å². The molecule has 0 heterocycles. The smallest absolute Gasteiger partial charge is 0.450 e. The average Bonchev–Trinajstić information content (AvgIpc) is 1.59. The van der Waals surface area contributed by atoms with Crippen LogP contribution in [0.1, 0.15) is 20.3 Å². The zero-order valence-corrected chi connectivity index (χ0v) is 6.26. The van der Waals surface area contributed by atoms with E-state index in [4.69, 9.17) is 10.8 Å². The maximum Gasteiger partial charge on any atom is 0.506 e. The van der Waals surface area contributed by atoms with Crippen LogP contribution in [0.2, 0.25) is 0 Å². The van der Waals surface area contributed by atoms with Crippen molar-refractivity contribution in [2.45, 2.75) is 25.9 Å². The summed E-state index contributed by atoms with van der Waals surface area (Å²) in [4.78, 5) is 10.0. The lowest BCUT2D eigenvalue weighted by atomic mass is 10.1. The molecule has 0 radical (unpaired) electrons. The summed E-state index contributed by atoms with van der Waals surface area (Å²) in [5.41, 5.74) is 4.57. The fourth-order valence-electron chi connectivity index (χ4n) is 0.635. The van der Waals surface area contributed by atoms with Crippen LogP contribution >= 0.6 is 0 Å². The fraction of sp³-hybridized carbons (Fsp3) is 0.833. The lowest BCUT2D eigenvalue weighted by Crippen LogP contribution is -2.29. The zero-order valence-electron chi connectivity index (χ0n) is 6.26. The highest BCUT2D eigenvalue weighted by atomic mass is 16.7. The van der Waals surface area contributed by atoms with E-state index < -0.39 is 11.8 Å². The van der Waals surface area contributed by atoms with Crippen molar-refractivity contribution in [1.82, 2.24) is 0 Å². The van der Waals surface area contributed by atoms with E-state index in [0.29, 0.717) is 13.0 Å². The van der Waals surface area contributed by atoms with Crippen LogP contribution in [0.4, 0.5) is 4.79 Å². The maximum atomic E-state index is 10.0. The summed E-state index contributed by atoms with van der Waals surface area (Å²) < 4.78 is 4.51. The highest BCUT2D eigenvalue weighted by Crippen LogP contribution is 2.12. The molecule has 4 nitrogen and oxygen atoms in total. The van der Waals surface area contributed by atoms with Crippen molar-refractivity contribution in [3.63, 3.8) is 0 Å². The molecular formula is C6H13NO3. The molecule has 0 aliphatic carbocycles. The van der Waals surface area contributed by atoms with Crippen LogP contribution in [0.5, 0.6) is 0 Å². The van der Waals surface area contributed by atoms with Crippen LogP contribution in [0, 0.1) is 0 Å². The van der Waals surface area contributed by atoms with Gasteiger partial charge in [0, 0.05) is 0 Å². The van der Waals surface area contributed by atoms with Gasteiger partial charge in [0.2, 0.25) is 0 Å². The van der Waals surface area contributed by atoms with Crippen LogP contribution in [0.15, 0.2) is 0 Å². The van der Waals surface area contributed by atoms with E-state index in [9.17, 15) is 4.79 Å². The largest absolute Gasteiger partial charge is 0.506 e. The molecule has 0 atom stereocenters. The van der Waals surface area contributed by atoms with Crippen LogP contribution in [0.3, 0.4) is 0 Å². The van der Waals surface area contributed by atoms with Gasteiger partial charge in [0.1, 0.15) is 5.60 Å². The second kappa shape index (κ2) is 3.41. The summed E-state index contributed by atoms with van der Waals surface area (Å²) in [5, 5.41) is 8.21. The van der Waals surface area contributed by atoms with Gasteiger partial charge < -0.3 is 15.6 Å². The van der Waals surface area contributed by atoms with Crippen molar-refractivity contribution in [3.05, 3.63) is 0 Å². The minimum atomic E-state index is -1.25. The normalized spacial score (nSPS) is 11.1. The molecule has 60 valence electrons. The minimum absolute atomic E-state index is 0.431. The van der Waals surface area contributed by atoms with Crippen LogP contribution in [0.25, 0.3) is 0 Å². The molecule has 0 amide bonds. The molecule has 0 aromatic carbocycles. The monoisotopic (exact) mass is 147 g/mol. The molecule has 10 heavy (non-hydrogen) atoms. The van der Waals surface area contributed by atoms with Crippen LogP contribution in [-0.2, 0) is 4.74 Å².